The van der Waals surface area contributed by atoms with Gasteiger partial charge < -0.3 is 36.2 Å². The number of urea groups is 1. The quantitative estimate of drug-likeness (QED) is 0.312. The predicted octanol–water partition coefficient (Wildman–Crippen LogP) is -1.29. The van der Waals surface area contributed by atoms with Gasteiger partial charge in [-0.25, -0.2) is 19.7 Å². The molecule has 3 heterocycles. The monoisotopic (exact) mass is 484 g/mol. The van der Waals surface area contributed by atoms with Gasteiger partial charge in [0.25, 0.3) is 5.91 Å². The minimum Gasteiger partial charge on any atom is -0.387 e. The molecule has 13 nitrogen and oxygen atoms in total. The fourth-order valence-corrected chi connectivity index (χ4v) is 4.00. The van der Waals surface area contributed by atoms with Crippen molar-refractivity contribution in [3.8, 4) is 11.8 Å². The number of amides is 3. The number of ether oxygens (including phenoxy) is 1. The molecule has 6 N–H and O–H groups in total. The highest BCUT2D eigenvalue weighted by Crippen LogP contribution is 2.33. The molecule has 35 heavy (non-hydrogen) atoms. The van der Waals surface area contributed by atoms with E-state index in [2.05, 4.69) is 37.4 Å². The largest absolute Gasteiger partial charge is 0.387 e. The molecule has 186 valence electrons. The molecule has 5 rings (SSSR count). The molecular weight excluding hydrogens is 456 g/mol. The summed E-state index contributed by atoms with van der Waals surface area (Å²) in [5.41, 5.74) is 6.57. The van der Waals surface area contributed by atoms with Crippen molar-refractivity contribution in [2.45, 2.75) is 56.3 Å². The van der Waals surface area contributed by atoms with Crippen LogP contribution < -0.4 is 16.4 Å². The molecule has 4 atom stereocenters. The molecule has 2 aromatic heterocycles. The van der Waals surface area contributed by atoms with Gasteiger partial charge in [-0.3, -0.25) is 9.36 Å². The summed E-state index contributed by atoms with van der Waals surface area (Å²) in [6, 6.07) is -0.118. The maximum Gasteiger partial charge on any atom is 0.317 e. The molecule has 1 saturated heterocycles. The summed E-state index contributed by atoms with van der Waals surface area (Å²) in [6.45, 7) is 0.836. The Morgan fingerprint density at radius 3 is 2.71 bits per heavy atom. The van der Waals surface area contributed by atoms with Crippen molar-refractivity contribution >= 4 is 28.9 Å². The second-order valence-corrected chi connectivity index (χ2v) is 9.15. The number of nitrogens with one attached hydrogen (secondary N) is 2. The van der Waals surface area contributed by atoms with Gasteiger partial charge in [0, 0.05) is 19.6 Å². The fourth-order valence-electron chi connectivity index (χ4n) is 4.00. The van der Waals surface area contributed by atoms with Crippen molar-refractivity contribution in [1.29, 1.82) is 0 Å². The zero-order chi connectivity index (χ0) is 24.7. The van der Waals surface area contributed by atoms with Gasteiger partial charge in [-0.2, -0.15) is 0 Å². The van der Waals surface area contributed by atoms with Gasteiger partial charge in [0.05, 0.1) is 12.9 Å². The smallest absolute Gasteiger partial charge is 0.317 e. The lowest BCUT2D eigenvalue weighted by Crippen LogP contribution is -2.43. The first-order chi connectivity index (χ1) is 16.9. The van der Waals surface area contributed by atoms with Crippen LogP contribution in [0.15, 0.2) is 6.33 Å². The highest BCUT2D eigenvalue weighted by atomic mass is 16.6. The van der Waals surface area contributed by atoms with E-state index in [9.17, 15) is 19.8 Å². The Kier molecular flexibility index (Phi) is 6.18. The lowest BCUT2D eigenvalue weighted by Gasteiger charge is -2.19. The van der Waals surface area contributed by atoms with Crippen molar-refractivity contribution < 1.29 is 24.5 Å². The number of rotatable bonds is 6. The van der Waals surface area contributed by atoms with Crippen molar-refractivity contribution in [2.75, 3.05) is 25.9 Å². The minimum atomic E-state index is -1.42. The van der Waals surface area contributed by atoms with Crippen molar-refractivity contribution in [1.82, 2.24) is 35.1 Å². The van der Waals surface area contributed by atoms with E-state index in [1.165, 1.54) is 10.9 Å². The Bertz CT molecular complexity index is 1200. The maximum atomic E-state index is 12.4. The van der Waals surface area contributed by atoms with Crippen LogP contribution in [-0.4, -0.2) is 91.1 Å². The molecule has 0 radical (unpaired) electrons. The molecule has 2 aliphatic carbocycles. The molecule has 13 heteroatoms. The van der Waals surface area contributed by atoms with Crippen LogP contribution in [0.2, 0.25) is 0 Å². The van der Waals surface area contributed by atoms with Gasteiger partial charge in [0.2, 0.25) is 5.82 Å². The molecular formula is C22H28N8O5. The van der Waals surface area contributed by atoms with Crippen LogP contribution in [-0.2, 0) is 9.53 Å². The second kappa shape index (κ2) is 9.29. The number of nitrogens with zero attached hydrogens (tertiary/aromatic N) is 5. The lowest BCUT2D eigenvalue weighted by atomic mass is 10.1. The van der Waals surface area contributed by atoms with E-state index in [-0.39, 0.29) is 41.4 Å². The first kappa shape index (κ1) is 23.3. The average Bonchev–Trinajstić information content (AvgIpc) is 3.76. The molecule has 0 bridgehead atoms. The normalized spacial score (nSPS) is 25.7. The summed E-state index contributed by atoms with van der Waals surface area (Å²) < 4.78 is 7.13. The summed E-state index contributed by atoms with van der Waals surface area (Å²) in [5, 5.41) is 26.4. The zero-order valence-corrected chi connectivity index (χ0v) is 19.2. The molecule has 2 aromatic rings. The van der Waals surface area contributed by atoms with Gasteiger partial charge in [0.15, 0.2) is 23.8 Å². The van der Waals surface area contributed by atoms with E-state index in [1.54, 1.807) is 11.9 Å². The Hall–Kier alpha value is -3.47. The molecule has 0 aromatic carbocycles. The van der Waals surface area contributed by atoms with Crippen molar-refractivity contribution in [3.63, 3.8) is 0 Å². The second-order valence-electron chi connectivity index (χ2n) is 9.15. The van der Waals surface area contributed by atoms with E-state index in [1.807, 2.05) is 0 Å². The molecule has 3 amide bonds. The minimum absolute atomic E-state index is 0.0789. The third-order valence-corrected chi connectivity index (χ3v) is 6.29. The third-order valence-electron chi connectivity index (χ3n) is 6.29. The highest BCUT2D eigenvalue weighted by molar-refractivity contribution is 5.83. The zero-order valence-electron chi connectivity index (χ0n) is 19.2. The van der Waals surface area contributed by atoms with Crippen LogP contribution in [0.1, 0.15) is 37.7 Å². The number of nitrogens with two attached hydrogens (primary N) is 1. The van der Waals surface area contributed by atoms with Gasteiger partial charge in [-0.05, 0) is 37.5 Å². The summed E-state index contributed by atoms with van der Waals surface area (Å²) in [6.07, 6.45) is 0.187. The number of carbonyl (C=O) groups is 2. The van der Waals surface area contributed by atoms with Crippen molar-refractivity contribution in [3.05, 3.63) is 12.2 Å². The number of anilines is 1. The first-order valence-corrected chi connectivity index (χ1v) is 11.6. The number of hydrogen-bond donors (Lipinski definition) is 5. The Morgan fingerprint density at radius 2 is 2.03 bits per heavy atom. The molecule has 3 fully saturated rings. The van der Waals surface area contributed by atoms with E-state index in [0.717, 1.165) is 25.7 Å². The van der Waals surface area contributed by atoms with Crippen LogP contribution in [0.5, 0.6) is 0 Å². The Balaban J connectivity index is 1.36. The number of hydrogen-bond acceptors (Lipinski definition) is 9. The molecule has 3 aliphatic rings. The fraction of sp³-hybridized carbons (Fsp3) is 0.591. The van der Waals surface area contributed by atoms with Crippen molar-refractivity contribution in [2.24, 2.45) is 5.92 Å². The van der Waals surface area contributed by atoms with E-state index < -0.39 is 30.4 Å². The number of fused-ring (bicyclic) bond motifs is 1. The number of aromatic nitrogens is 4. The summed E-state index contributed by atoms with van der Waals surface area (Å²) in [5.74, 6) is 5.97. The first-order valence-electron chi connectivity index (χ1n) is 11.6. The van der Waals surface area contributed by atoms with Crippen LogP contribution in [0.25, 0.3) is 11.2 Å². The van der Waals surface area contributed by atoms with Gasteiger partial charge in [-0.15, -0.1) is 0 Å². The third kappa shape index (κ3) is 4.86. The van der Waals surface area contributed by atoms with Gasteiger partial charge in [-0.1, -0.05) is 5.92 Å². The van der Waals surface area contributed by atoms with E-state index in [4.69, 9.17) is 10.5 Å². The van der Waals surface area contributed by atoms with E-state index in [0.29, 0.717) is 12.5 Å². The van der Waals surface area contributed by atoms with Crippen LogP contribution in [0.3, 0.4) is 0 Å². The van der Waals surface area contributed by atoms with Gasteiger partial charge in [0.1, 0.15) is 17.7 Å². The molecule has 1 aliphatic heterocycles. The maximum absolute atomic E-state index is 12.4. The number of carbonyl (C=O) groups excluding carboxylic acids is 2. The van der Waals surface area contributed by atoms with Crippen LogP contribution in [0.4, 0.5) is 10.6 Å². The number of aliphatic hydroxyl groups is 2. The standard InChI is InChI=1S/C22H28N8O5/c1-24-22(34)29(9-11-4-5-11)8-2-3-13-27-18(23)14-19(28-13)30(10-25-14)21-16(32)15(31)17(35-21)20(33)26-12-6-7-12/h10-12,15-17,21,31-32H,4-9H2,1H3,(H,24,34)(H,26,33)(H2,23,27,28). The SMILES string of the molecule is CNC(=O)N(CC#Cc1nc(N)c2ncn(C3OC(C(=O)NC4CC4)C(O)C3O)c2n1)CC1CC1. The number of nitrogen functional groups attached to an aromatic ring is 1. The number of imidazole rings is 1. The predicted molar refractivity (Wildman–Crippen MR) is 122 cm³/mol. The summed E-state index contributed by atoms with van der Waals surface area (Å²) in [7, 11) is 1.57. The van der Waals surface area contributed by atoms with Crippen LogP contribution in [0, 0.1) is 17.8 Å². The topological polar surface area (TPSA) is 181 Å². The van der Waals surface area contributed by atoms with Crippen LogP contribution >= 0.6 is 0 Å². The van der Waals surface area contributed by atoms with Gasteiger partial charge >= 0.3 is 6.03 Å². The highest BCUT2D eigenvalue weighted by Gasteiger charge is 2.48. The number of aliphatic hydroxyl groups excluding tert-OH is 2. The average molecular weight is 485 g/mol. The van der Waals surface area contributed by atoms with E-state index >= 15 is 0 Å². The molecule has 2 saturated carbocycles. The Labute approximate surface area is 201 Å². The Morgan fingerprint density at radius 1 is 1.26 bits per heavy atom. The lowest BCUT2D eigenvalue weighted by molar-refractivity contribution is -0.137. The summed E-state index contributed by atoms with van der Waals surface area (Å²) in [4.78, 5) is 38.9. The molecule has 4 unspecified atom stereocenters. The molecule has 0 spiro atoms. The summed E-state index contributed by atoms with van der Waals surface area (Å²) >= 11 is 0.